The van der Waals surface area contributed by atoms with E-state index in [9.17, 15) is 4.79 Å². The molecule has 3 rings (SSSR count). The Hall–Kier alpha value is -1.82. The molecule has 2 fully saturated rings. The molecule has 2 aliphatic rings. The molecule has 6 nitrogen and oxygen atoms in total. The van der Waals surface area contributed by atoms with Crippen LogP contribution in [0.3, 0.4) is 0 Å². The second kappa shape index (κ2) is 4.70. The fraction of sp³-hybridized carbons (Fsp3) is 0.538. The van der Waals surface area contributed by atoms with Crippen molar-refractivity contribution in [1.82, 2.24) is 9.88 Å². The number of ether oxygens (including phenoxy) is 3. The molecule has 2 bridgehead atoms. The molecule has 2 aliphatic heterocycles. The van der Waals surface area contributed by atoms with E-state index in [0.717, 1.165) is 6.42 Å². The maximum Gasteiger partial charge on any atom is 0.259 e. The van der Waals surface area contributed by atoms with Gasteiger partial charge in [0.2, 0.25) is 11.8 Å². The number of carbonyl (C=O) groups excluding carboxylic acids is 1. The summed E-state index contributed by atoms with van der Waals surface area (Å²) in [6.45, 7) is 1.28. The lowest BCUT2D eigenvalue weighted by molar-refractivity contribution is 0.0257. The Morgan fingerprint density at radius 3 is 2.84 bits per heavy atom. The summed E-state index contributed by atoms with van der Waals surface area (Å²) in [7, 11) is 3.03. The fourth-order valence-electron chi connectivity index (χ4n) is 2.66. The first-order valence-electron chi connectivity index (χ1n) is 6.24. The number of fused-ring (bicyclic) bond motifs is 2. The minimum absolute atomic E-state index is 0.0530. The van der Waals surface area contributed by atoms with E-state index in [1.54, 1.807) is 12.1 Å². The van der Waals surface area contributed by atoms with Gasteiger partial charge in [0.1, 0.15) is 5.56 Å². The van der Waals surface area contributed by atoms with Crippen molar-refractivity contribution in [3.05, 3.63) is 17.7 Å². The van der Waals surface area contributed by atoms with E-state index < -0.39 is 0 Å². The number of morpholine rings is 1. The first-order chi connectivity index (χ1) is 9.22. The van der Waals surface area contributed by atoms with Crippen LogP contribution in [0.25, 0.3) is 0 Å². The zero-order chi connectivity index (χ0) is 13.4. The number of nitrogens with zero attached hydrogens (tertiary/aromatic N) is 2. The normalized spacial score (nSPS) is 24.6. The minimum Gasteiger partial charge on any atom is -0.481 e. The molecule has 6 heteroatoms. The molecule has 0 unspecified atom stereocenters. The van der Waals surface area contributed by atoms with Crippen molar-refractivity contribution in [3.8, 4) is 11.8 Å². The van der Waals surface area contributed by atoms with Gasteiger partial charge in [0, 0.05) is 12.6 Å². The molecule has 2 atom stereocenters. The zero-order valence-corrected chi connectivity index (χ0v) is 11.0. The van der Waals surface area contributed by atoms with E-state index in [1.807, 2.05) is 4.90 Å². The third-order valence-corrected chi connectivity index (χ3v) is 3.63. The number of amides is 1. The smallest absolute Gasteiger partial charge is 0.259 e. The Labute approximate surface area is 111 Å². The number of hydrogen-bond donors (Lipinski definition) is 0. The molecule has 1 aromatic heterocycles. The highest BCUT2D eigenvalue weighted by molar-refractivity contribution is 5.97. The van der Waals surface area contributed by atoms with Gasteiger partial charge in [-0.25, -0.2) is 0 Å². The standard InChI is InChI=1S/C13H16N2O4/c1-17-11-4-3-10(12(14-11)18-2)13(16)15-6-9-5-8(15)7-19-9/h3-4,8-9H,5-7H2,1-2H3/t8-,9+/m0/s1. The van der Waals surface area contributed by atoms with Gasteiger partial charge in [-0.1, -0.05) is 0 Å². The lowest BCUT2D eigenvalue weighted by Crippen LogP contribution is -2.41. The van der Waals surface area contributed by atoms with Gasteiger partial charge < -0.3 is 19.1 Å². The maximum atomic E-state index is 12.5. The van der Waals surface area contributed by atoms with Crippen molar-refractivity contribution in [2.24, 2.45) is 0 Å². The predicted molar refractivity (Wildman–Crippen MR) is 66.5 cm³/mol. The van der Waals surface area contributed by atoms with Gasteiger partial charge in [-0.15, -0.1) is 0 Å². The topological polar surface area (TPSA) is 60.9 Å². The highest BCUT2D eigenvalue weighted by atomic mass is 16.5. The van der Waals surface area contributed by atoms with Crippen LogP contribution in [0.1, 0.15) is 16.8 Å². The summed E-state index contributed by atoms with van der Waals surface area (Å²) in [6, 6.07) is 3.55. The van der Waals surface area contributed by atoms with Gasteiger partial charge in [0.05, 0.1) is 33.0 Å². The Balaban J connectivity index is 1.87. The molecule has 1 aromatic rings. The van der Waals surface area contributed by atoms with Gasteiger partial charge in [-0.05, 0) is 12.5 Å². The molecule has 0 aliphatic carbocycles. The predicted octanol–water partition coefficient (Wildman–Crippen LogP) is 0.712. The summed E-state index contributed by atoms with van der Waals surface area (Å²) in [5.74, 6) is 0.676. The molecule has 2 saturated heterocycles. The Morgan fingerprint density at radius 1 is 1.42 bits per heavy atom. The van der Waals surface area contributed by atoms with Gasteiger partial charge in [-0.3, -0.25) is 4.79 Å². The van der Waals surface area contributed by atoms with Crippen LogP contribution in [0.2, 0.25) is 0 Å². The number of rotatable bonds is 3. The highest BCUT2D eigenvalue weighted by Gasteiger charge is 2.42. The molecule has 3 heterocycles. The molecular formula is C13H16N2O4. The summed E-state index contributed by atoms with van der Waals surface area (Å²) >= 11 is 0. The largest absolute Gasteiger partial charge is 0.481 e. The lowest BCUT2D eigenvalue weighted by Gasteiger charge is -2.27. The summed E-state index contributed by atoms with van der Waals surface area (Å²) < 4.78 is 15.7. The molecular weight excluding hydrogens is 248 g/mol. The van der Waals surface area contributed by atoms with E-state index in [-0.39, 0.29) is 18.1 Å². The molecule has 102 valence electrons. The number of aromatic nitrogens is 1. The van der Waals surface area contributed by atoms with Crippen LogP contribution in [0.5, 0.6) is 11.8 Å². The number of likely N-dealkylation sites (tertiary alicyclic amines) is 1. The maximum absolute atomic E-state index is 12.5. The second-order valence-corrected chi connectivity index (χ2v) is 4.71. The Morgan fingerprint density at radius 2 is 2.26 bits per heavy atom. The van der Waals surface area contributed by atoms with Crippen LogP contribution in [0.15, 0.2) is 12.1 Å². The number of pyridine rings is 1. The van der Waals surface area contributed by atoms with E-state index >= 15 is 0 Å². The minimum atomic E-state index is -0.0530. The van der Waals surface area contributed by atoms with Crippen molar-refractivity contribution < 1.29 is 19.0 Å². The van der Waals surface area contributed by atoms with Crippen molar-refractivity contribution >= 4 is 5.91 Å². The monoisotopic (exact) mass is 264 g/mol. The molecule has 0 saturated carbocycles. The summed E-state index contributed by atoms with van der Waals surface area (Å²) in [4.78, 5) is 18.5. The van der Waals surface area contributed by atoms with Crippen molar-refractivity contribution in [3.63, 3.8) is 0 Å². The number of carbonyl (C=O) groups is 1. The molecule has 0 radical (unpaired) electrons. The quantitative estimate of drug-likeness (QED) is 0.804. The first-order valence-corrected chi connectivity index (χ1v) is 6.24. The van der Waals surface area contributed by atoms with Crippen molar-refractivity contribution in [2.45, 2.75) is 18.6 Å². The van der Waals surface area contributed by atoms with Crippen LogP contribution >= 0.6 is 0 Å². The molecule has 0 N–H and O–H groups in total. The van der Waals surface area contributed by atoms with Crippen LogP contribution in [-0.2, 0) is 4.74 Å². The molecule has 0 spiro atoms. The van der Waals surface area contributed by atoms with Crippen LogP contribution in [0.4, 0.5) is 0 Å². The first kappa shape index (κ1) is 12.2. The SMILES string of the molecule is COc1ccc(C(=O)N2C[C@H]3C[C@H]2CO3)c(OC)n1. The molecule has 0 aromatic carbocycles. The highest BCUT2D eigenvalue weighted by Crippen LogP contribution is 2.31. The fourth-order valence-corrected chi connectivity index (χ4v) is 2.66. The van der Waals surface area contributed by atoms with Crippen molar-refractivity contribution in [1.29, 1.82) is 0 Å². The number of hydrogen-bond acceptors (Lipinski definition) is 5. The Kier molecular flexibility index (Phi) is 3.02. The second-order valence-electron chi connectivity index (χ2n) is 4.71. The van der Waals surface area contributed by atoms with Crippen LogP contribution < -0.4 is 9.47 Å². The molecule has 19 heavy (non-hydrogen) atoms. The van der Waals surface area contributed by atoms with E-state index in [0.29, 0.717) is 30.5 Å². The molecule has 1 amide bonds. The lowest BCUT2D eigenvalue weighted by atomic mass is 10.2. The zero-order valence-electron chi connectivity index (χ0n) is 11.0. The van der Waals surface area contributed by atoms with Crippen LogP contribution in [0, 0.1) is 0 Å². The van der Waals surface area contributed by atoms with Crippen molar-refractivity contribution in [2.75, 3.05) is 27.4 Å². The third-order valence-electron chi connectivity index (χ3n) is 3.63. The average Bonchev–Trinajstić information content (AvgIpc) is 3.08. The van der Waals surface area contributed by atoms with Gasteiger partial charge in [0.25, 0.3) is 5.91 Å². The number of methoxy groups -OCH3 is 2. The summed E-state index contributed by atoms with van der Waals surface area (Å²) in [5, 5.41) is 0. The van der Waals surface area contributed by atoms with Gasteiger partial charge in [0.15, 0.2) is 0 Å². The third kappa shape index (κ3) is 2.02. The average molecular weight is 264 g/mol. The summed E-state index contributed by atoms with van der Waals surface area (Å²) in [6.07, 6.45) is 1.11. The van der Waals surface area contributed by atoms with E-state index in [2.05, 4.69) is 4.98 Å². The van der Waals surface area contributed by atoms with Gasteiger partial charge >= 0.3 is 0 Å². The van der Waals surface area contributed by atoms with Gasteiger partial charge in [-0.2, -0.15) is 4.98 Å². The van der Waals surface area contributed by atoms with E-state index in [4.69, 9.17) is 14.2 Å². The summed E-state index contributed by atoms with van der Waals surface area (Å²) in [5.41, 5.74) is 0.468. The Bertz CT molecular complexity index is 505. The van der Waals surface area contributed by atoms with E-state index in [1.165, 1.54) is 14.2 Å². The van der Waals surface area contributed by atoms with Crippen LogP contribution in [-0.4, -0.2) is 55.3 Å².